The number of rotatable bonds is 11. The number of hydrogen-bond acceptors (Lipinski definition) is 2. The molecule has 0 spiro atoms. The zero-order chi connectivity index (χ0) is 31.3. The Bertz CT molecular complexity index is 1930. The number of hydrogen-bond donors (Lipinski definition) is 2. The van der Waals surface area contributed by atoms with E-state index in [-0.39, 0.29) is 6.04 Å². The standard InChI is InChI=1S/C42H39N3O/c1-31(44-42(33-17-6-3-7-18-33,34-19-8-4-9-20-34)35-21-10-5-11-22-35)28-40-37(38-29-43-39-24-14-13-23-36(38)39)26-27-45(40)30-32-16-12-15-25-41(32)46-2/h3-27,29,31,43-44H,28,30H2,1-2H3. The summed E-state index contributed by atoms with van der Waals surface area (Å²) >= 11 is 0. The minimum absolute atomic E-state index is 0.0934. The maximum absolute atomic E-state index is 5.76. The summed E-state index contributed by atoms with van der Waals surface area (Å²) in [5.41, 5.74) is 9.11. The van der Waals surface area contributed by atoms with Crippen molar-refractivity contribution < 1.29 is 4.74 Å². The minimum atomic E-state index is -0.551. The van der Waals surface area contributed by atoms with E-state index in [0.717, 1.165) is 29.8 Å². The fourth-order valence-electron chi connectivity index (χ4n) is 6.96. The molecule has 0 amide bonds. The molecule has 4 heteroatoms. The molecule has 7 aromatic rings. The average Bonchev–Trinajstić information content (AvgIpc) is 3.72. The summed E-state index contributed by atoms with van der Waals surface area (Å²) in [6, 6.07) is 51.7. The first-order valence-electron chi connectivity index (χ1n) is 16.0. The van der Waals surface area contributed by atoms with Crippen molar-refractivity contribution in [2.75, 3.05) is 7.11 Å². The highest BCUT2D eigenvalue weighted by atomic mass is 16.5. The van der Waals surface area contributed by atoms with Gasteiger partial charge in [-0.1, -0.05) is 127 Å². The highest BCUT2D eigenvalue weighted by molar-refractivity contribution is 5.96. The van der Waals surface area contributed by atoms with Crippen molar-refractivity contribution >= 4 is 10.9 Å². The number of nitrogens with one attached hydrogen (secondary N) is 2. The molecule has 5 aromatic carbocycles. The van der Waals surface area contributed by atoms with Gasteiger partial charge < -0.3 is 14.3 Å². The fourth-order valence-corrected chi connectivity index (χ4v) is 6.96. The van der Waals surface area contributed by atoms with Crippen LogP contribution in [0.15, 0.2) is 158 Å². The molecule has 0 aliphatic rings. The van der Waals surface area contributed by atoms with Gasteiger partial charge in [0.2, 0.25) is 0 Å². The first-order valence-corrected chi connectivity index (χ1v) is 16.0. The number of para-hydroxylation sites is 2. The largest absolute Gasteiger partial charge is 0.496 e. The summed E-state index contributed by atoms with van der Waals surface area (Å²) in [6.07, 6.45) is 5.19. The van der Waals surface area contributed by atoms with Crippen LogP contribution in [0.1, 0.15) is 34.9 Å². The summed E-state index contributed by atoms with van der Waals surface area (Å²) in [5, 5.41) is 5.42. The van der Waals surface area contributed by atoms with Crippen molar-refractivity contribution in [3.05, 3.63) is 186 Å². The van der Waals surface area contributed by atoms with Gasteiger partial charge in [0.15, 0.2) is 0 Å². The summed E-state index contributed by atoms with van der Waals surface area (Å²) < 4.78 is 8.15. The third kappa shape index (κ3) is 5.53. The number of ether oxygens (including phenoxy) is 1. The van der Waals surface area contributed by atoms with Crippen LogP contribution in [0.2, 0.25) is 0 Å². The number of nitrogens with zero attached hydrogens (tertiary/aromatic N) is 1. The van der Waals surface area contributed by atoms with Crippen LogP contribution in [0.5, 0.6) is 5.75 Å². The lowest BCUT2D eigenvalue weighted by molar-refractivity contribution is 0.398. The Morgan fingerprint density at radius 2 is 1.24 bits per heavy atom. The number of fused-ring (bicyclic) bond motifs is 1. The lowest BCUT2D eigenvalue weighted by Crippen LogP contribution is -2.49. The van der Waals surface area contributed by atoms with E-state index in [1.165, 1.54) is 38.9 Å². The predicted molar refractivity (Wildman–Crippen MR) is 189 cm³/mol. The van der Waals surface area contributed by atoms with Crippen LogP contribution in [-0.4, -0.2) is 22.7 Å². The molecule has 0 aliphatic heterocycles. The fraction of sp³-hybridized carbons (Fsp3) is 0.143. The second-order valence-corrected chi connectivity index (χ2v) is 12.0. The number of H-pyrrole nitrogens is 1. The molecule has 7 rings (SSSR count). The van der Waals surface area contributed by atoms with Gasteiger partial charge in [-0.15, -0.1) is 0 Å². The van der Waals surface area contributed by atoms with Crippen molar-refractivity contribution in [3.8, 4) is 16.9 Å². The van der Waals surface area contributed by atoms with Gasteiger partial charge in [0, 0.05) is 58.1 Å². The topological polar surface area (TPSA) is 42.0 Å². The van der Waals surface area contributed by atoms with Crippen LogP contribution >= 0.6 is 0 Å². The summed E-state index contributed by atoms with van der Waals surface area (Å²) in [7, 11) is 1.75. The summed E-state index contributed by atoms with van der Waals surface area (Å²) in [5.74, 6) is 0.901. The molecule has 1 unspecified atom stereocenters. The normalized spacial score (nSPS) is 12.3. The van der Waals surface area contributed by atoms with Crippen LogP contribution in [-0.2, 0) is 18.5 Å². The van der Waals surface area contributed by atoms with Gasteiger partial charge in [-0.3, -0.25) is 5.32 Å². The molecule has 0 saturated carbocycles. The summed E-state index contributed by atoms with van der Waals surface area (Å²) in [4.78, 5) is 3.50. The third-order valence-electron chi connectivity index (χ3n) is 9.07. The zero-order valence-electron chi connectivity index (χ0n) is 26.4. The van der Waals surface area contributed by atoms with Crippen molar-refractivity contribution in [2.24, 2.45) is 0 Å². The van der Waals surface area contributed by atoms with E-state index in [4.69, 9.17) is 4.74 Å². The Morgan fingerprint density at radius 1 is 0.674 bits per heavy atom. The van der Waals surface area contributed by atoms with E-state index in [9.17, 15) is 0 Å². The highest BCUT2D eigenvalue weighted by Crippen LogP contribution is 2.39. The molecule has 0 fully saturated rings. The maximum Gasteiger partial charge on any atom is 0.123 e. The number of methoxy groups -OCH3 is 1. The molecular weight excluding hydrogens is 562 g/mol. The van der Waals surface area contributed by atoms with E-state index < -0.39 is 5.54 Å². The van der Waals surface area contributed by atoms with Gasteiger partial charge in [-0.25, -0.2) is 0 Å². The molecule has 228 valence electrons. The van der Waals surface area contributed by atoms with E-state index >= 15 is 0 Å². The first-order chi connectivity index (χ1) is 22.7. The highest BCUT2D eigenvalue weighted by Gasteiger charge is 2.37. The van der Waals surface area contributed by atoms with E-state index in [1.807, 2.05) is 12.1 Å². The van der Waals surface area contributed by atoms with Crippen LogP contribution in [0.25, 0.3) is 22.0 Å². The molecule has 0 radical (unpaired) electrons. The number of aromatic nitrogens is 2. The van der Waals surface area contributed by atoms with Gasteiger partial charge in [-0.05, 0) is 41.8 Å². The van der Waals surface area contributed by atoms with Gasteiger partial charge in [0.1, 0.15) is 5.75 Å². The van der Waals surface area contributed by atoms with Gasteiger partial charge in [-0.2, -0.15) is 0 Å². The SMILES string of the molecule is COc1ccccc1Cn1ccc(-c2c[nH]c3ccccc23)c1CC(C)NC(c1ccccc1)(c1ccccc1)c1ccccc1. The monoisotopic (exact) mass is 601 g/mol. The molecule has 0 aliphatic carbocycles. The number of benzene rings is 5. The summed E-state index contributed by atoms with van der Waals surface area (Å²) in [6.45, 7) is 3.03. The van der Waals surface area contributed by atoms with Crippen LogP contribution < -0.4 is 10.1 Å². The van der Waals surface area contributed by atoms with Crippen molar-refractivity contribution in [2.45, 2.75) is 31.5 Å². The second-order valence-electron chi connectivity index (χ2n) is 12.0. The van der Waals surface area contributed by atoms with Crippen LogP contribution in [0.3, 0.4) is 0 Å². The van der Waals surface area contributed by atoms with Gasteiger partial charge in [0.25, 0.3) is 0 Å². The van der Waals surface area contributed by atoms with E-state index in [2.05, 4.69) is 168 Å². The second kappa shape index (κ2) is 13.0. The molecule has 46 heavy (non-hydrogen) atoms. The van der Waals surface area contributed by atoms with Crippen molar-refractivity contribution in [1.82, 2.24) is 14.9 Å². The molecule has 0 bridgehead atoms. The van der Waals surface area contributed by atoms with E-state index in [1.54, 1.807) is 7.11 Å². The number of aromatic amines is 1. The Hall–Kier alpha value is -5.32. The molecule has 2 heterocycles. The third-order valence-corrected chi connectivity index (χ3v) is 9.07. The Balaban J connectivity index is 1.34. The Labute approximate surface area is 271 Å². The lowest BCUT2D eigenvalue weighted by Gasteiger charge is -2.39. The lowest BCUT2D eigenvalue weighted by atomic mass is 9.76. The minimum Gasteiger partial charge on any atom is -0.496 e. The predicted octanol–water partition coefficient (Wildman–Crippen LogP) is 9.21. The Kier molecular flexibility index (Phi) is 8.28. The van der Waals surface area contributed by atoms with Crippen LogP contribution in [0, 0.1) is 0 Å². The molecule has 1 atom stereocenters. The molecule has 2 aromatic heterocycles. The Morgan fingerprint density at radius 3 is 1.87 bits per heavy atom. The van der Waals surface area contributed by atoms with Crippen LogP contribution in [0.4, 0.5) is 0 Å². The average molecular weight is 602 g/mol. The molecule has 2 N–H and O–H groups in total. The molecule has 4 nitrogen and oxygen atoms in total. The van der Waals surface area contributed by atoms with Crippen molar-refractivity contribution in [3.63, 3.8) is 0 Å². The maximum atomic E-state index is 5.76. The van der Waals surface area contributed by atoms with Gasteiger partial charge >= 0.3 is 0 Å². The zero-order valence-corrected chi connectivity index (χ0v) is 26.4. The van der Waals surface area contributed by atoms with E-state index in [0.29, 0.717) is 0 Å². The smallest absolute Gasteiger partial charge is 0.123 e. The quantitative estimate of drug-likeness (QED) is 0.145. The van der Waals surface area contributed by atoms with Gasteiger partial charge in [0.05, 0.1) is 19.2 Å². The molecule has 0 saturated heterocycles. The molecular formula is C42H39N3O. The van der Waals surface area contributed by atoms with Crippen molar-refractivity contribution in [1.29, 1.82) is 0 Å². The first kappa shape index (κ1) is 29.4.